The van der Waals surface area contributed by atoms with Gasteiger partial charge in [-0.1, -0.05) is 69.7 Å². The summed E-state index contributed by atoms with van der Waals surface area (Å²) in [6, 6.07) is 9.85. The molecule has 5 heteroatoms. The van der Waals surface area contributed by atoms with Crippen molar-refractivity contribution >= 4 is 34.1 Å². The first kappa shape index (κ1) is 22.1. The van der Waals surface area contributed by atoms with E-state index in [1.54, 1.807) is 0 Å². The van der Waals surface area contributed by atoms with Gasteiger partial charge in [0.1, 0.15) is 0 Å². The topological polar surface area (TPSA) is 52.3 Å². The molecule has 0 bridgehead atoms. The van der Waals surface area contributed by atoms with Crippen LogP contribution in [0.3, 0.4) is 0 Å². The molecule has 2 unspecified atom stereocenters. The minimum absolute atomic E-state index is 0.00566. The van der Waals surface area contributed by atoms with Crippen LogP contribution in [0.4, 0.5) is 0 Å². The van der Waals surface area contributed by atoms with E-state index in [4.69, 9.17) is 22.7 Å². The van der Waals surface area contributed by atoms with Gasteiger partial charge in [0, 0.05) is 11.3 Å². The van der Waals surface area contributed by atoms with Crippen molar-refractivity contribution < 1.29 is 9.53 Å². The molecule has 0 aliphatic rings. The van der Waals surface area contributed by atoms with Crippen molar-refractivity contribution in [2.24, 2.45) is 16.6 Å². The summed E-state index contributed by atoms with van der Waals surface area (Å²) in [6.45, 7) is 10.8. The Bertz CT molecular complexity index is 603. The molecule has 0 amide bonds. The van der Waals surface area contributed by atoms with E-state index in [2.05, 4.69) is 20.8 Å². The summed E-state index contributed by atoms with van der Waals surface area (Å²) in [4.78, 5) is 12.8. The van der Waals surface area contributed by atoms with Crippen LogP contribution in [0.25, 0.3) is 0 Å². The Balaban J connectivity index is 3.26. The van der Waals surface area contributed by atoms with E-state index in [1.165, 1.54) is 18.9 Å². The fraction of sp³-hybridized carbons (Fsp3) is 0.600. The van der Waals surface area contributed by atoms with Crippen LogP contribution >= 0.6 is 24.0 Å². The fourth-order valence-electron chi connectivity index (χ4n) is 3.00. The quantitative estimate of drug-likeness (QED) is 0.517. The molecule has 0 aromatic heterocycles. The zero-order valence-electron chi connectivity index (χ0n) is 16.2. The van der Waals surface area contributed by atoms with Gasteiger partial charge in [0.2, 0.25) is 0 Å². The monoisotopic (exact) mass is 381 g/mol. The molecule has 1 aromatic rings. The molecular weight excluding hydrogens is 350 g/mol. The van der Waals surface area contributed by atoms with Gasteiger partial charge in [-0.15, -0.1) is 11.8 Å². The highest BCUT2D eigenvalue weighted by atomic mass is 32.2. The maximum Gasteiger partial charge on any atom is 0.313 e. The number of rotatable bonds is 8. The number of esters is 1. The van der Waals surface area contributed by atoms with Gasteiger partial charge in [-0.2, -0.15) is 0 Å². The highest BCUT2D eigenvalue weighted by Crippen LogP contribution is 2.50. The van der Waals surface area contributed by atoms with E-state index >= 15 is 0 Å². The molecule has 2 atom stereocenters. The predicted molar refractivity (Wildman–Crippen MR) is 112 cm³/mol. The van der Waals surface area contributed by atoms with E-state index in [9.17, 15) is 4.79 Å². The lowest BCUT2D eigenvalue weighted by Crippen LogP contribution is -2.54. The van der Waals surface area contributed by atoms with Gasteiger partial charge >= 0.3 is 5.97 Å². The number of thioether (sulfide) groups is 1. The van der Waals surface area contributed by atoms with Crippen LogP contribution in [0.2, 0.25) is 0 Å². The number of methoxy groups -OCH3 is 1. The smallest absolute Gasteiger partial charge is 0.313 e. The zero-order chi connectivity index (χ0) is 19.3. The normalized spacial score (nSPS) is 16.6. The third-order valence-electron chi connectivity index (χ3n) is 5.31. The van der Waals surface area contributed by atoms with Crippen molar-refractivity contribution in [3.63, 3.8) is 0 Å². The highest BCUT2D eigenvalue weighted by Gasteiger charge is 2.53. The number of ether oxygens (including phenoxy) is 1. The van der Waals surface area contributed by atoms with Gasteiger partial charge in [-0.3, -0.25) is 4.79 Å². The molecular formula is C20H31NO2S2. The molecule has 140 valence electrons. The van der Waals surface area contributed by atoms with Gasteiger partial charge in [0.25, 0.3) is 0 Å². The molecule has 25 heavy (non-hydrogen) atoms. The summed E-state index contributed by atoms with van der Waals surface area (Å²) in [6.07, 6.45) is 1.65. The number of hydrogen-bond acceptors (Lipinski definition) is 5. The lowest BCUT2D eigenvalue weighted by Gasteiger charge is -2.46. The predicted octanol–water partition coefficient (Wildman–Crippen LogP) is 4.82. The molecule has 2 N–H and O–H groups in total. The number of benzene rings is 1. The summed E-state index contributed by atoms with van der Waals surface area (Å²) in [5.74, 6) is -0.231. The molecule has 0 heterocycles. The maximum absolute atomic E-state index is 12.8. The first-order valence-electron chi connectivity index (χ1n) is 8.62. The van der Waals surface area contributed by atoms with Crippen LogP contribution in [-0.2, 0) is 9.53 Å². The Morgan fingerprint density at radius 3 is 2.20 bits per heavy atom. The van der Waals surface area contributed by atoms with Gasteiger partial charge < -0.3 is 10.5 Å². The average molecular weight is 382 g/mol. The Morgan fingerprint density at radius 2 is 1.76 bits per heavy atom. The average Bonchev–Trinajstić information content (AvgIpc) is 2.60. The van der Waals surface area contributed by atoms with Crippen LogP contribution in [0.5, 0.6) is 0 Å². The third-order valence-corrected chi connectivity index (χ3v) is 7.28. The summed E-state index contributed by atoms with van der Waals surface area (Å²) < 4.78 is 5.37. The molecule has 0 aliphatic heterocycles. The second-order valence-corrected chi connectivity index (χ2v) is 9.89. The Hall–Kier alpha value is -0.910. The number of thiocarbonyl (C=S) groups is 1. The van der Waals surface area contributed by atoms with Crippen molar-refractivity contribution in [3.8, 4) is 0 Å². The standard InChI is InChI=1S/C20H31NO2S2/c1-7-18(2,3)13-19(4,17(22)23-6)20(5,14-21)25-16(24)15-11-9-8-10-12-15/h8-12H,7,13-14,21H2,1-6H3. The van der Waals surface area contributed by atoms with Crippen LogP contribution in [0.1, 0.15) is 53.0 Å². The van der Waals surface area contributed by atoms with Gasteiger partial charge in [-0.25, -0.2) is 0 Å². The second-order valence-electron chi connectivity index (χ2n) is 7.71. The van der Waals surface area contributed by atoms with Crippen molar-refractivity contribution in [1.29, 1.82) is 0 Å². The SMILES string of the molecule is CCC(C)(C)CC(C)(C(=O)OC)C(C)(CN)SC(=S)c1ccccc1. The Kier molecular flexibility index (Phi) is 7.66. The number of hydrogen-bond donors (Lipinski definition) is 1. The van der Waals surface area contributed by atoms with Crippen LogP contribution in [-0.4, -0.2) is 28.6 Å². The first-order valence-corrected chi connectivity index (χ1v) is 9.84. The van der Waals surface area contributed by atoms with Gasteiger partial charge in [0.15, 0.2) is 0 Å². The highest BCUT2D eigenvalue weighted by molar-refractivity contribution is 8.24. The summed E-state index contributed by atoms with van der Waals surface area (Å²) in [5.41, 5.74) is 6.40. The molecule has 0 saturated carbocycles. The molecule has 3 nitrogen and oxygen atoms in total. The maximum atomic E-state index is 12.8. The lowest BCUT2D eigenvalue weighted by atomic mass is 9.66. The minimum Gasteiger partial charge on any atom is -0.469 e. The number of carbonyl (C=O) groups is 1. The van der Waals surface area contributed by atoms with E-state index in [0.717, 1.165) is 16.2 Å². The molecule has 0 fully saturated rings. The minimum atomic E-state index is -0.750. The molecule has 0 spiro atoms. The van der Waals surface area contributed by atoms with Crippen molar-refractivity contribution in [1.82, 2.24) is 0 Å². The molecule has 0 radical (unpaired) electrons. The fourth-order valence-corrected chi connectivity index (χ4v) is 4.81. The van der Waals surface area contributed by atoms with Crippen LogP contribution in [0, 0.1) is 10.8 Å². The second kappa shape index (κ2) is 8.65. The van der Waals surface area contributed by atoms with E-state index < -0.39 is 10.2 Å². The van der Waals surface area contributed by atoms with Crippen LogP contribution < -0.4 is 5.73 Å². The summed E-state index contributed by atoms with van der Waals surface area (Å²) >= 11 is 7.16. The molecule has 1 aromatic carbocycles. The van der Waals surface area contributed by atoms with Crippen LogP contribution in [0.15, 0.2) is 30.3 Å². The summed E-state index contributed by atoms with van der Waals surface area (Å²) in [7, 11) is 1.44. The van der Waals surface area contributed by atoms with Crippen molar-refractivity contribution in [2.45, 2.75) is 52.2 Å². The van der Waals surface area contributed by atoms with E-state index in [1.807, 2.05) is 44.2 Å². The lowest BCUT2D eigenvalue weighted by molar-refractivity contribution is -0.155. The Morgan fingerprint density at radius 1 is 1.20 bits per heavy atom. The molecule has 1 rings (SSSR count). The zero-order valence-corrected chi connectivity index (χ0v) is 17.9. The molecule has 0 aliphatic carbocycles. The summed E-state index contributed by atoms with van der Waals surface area (Å²) in [5, 5.41) is 0. The molecule has 0 saturated heterocycles. The first-order chi connectivity index (χ1) is 11.5. The van der Waals surface area contributed by atoms with E-state index in [0.29, 0.717) is 13.0 Å². The third kappa shape index (κ3) is 5.05. The largest absolute Gasteiger partial charge is 0.469 e. The van der Waals surface area contributed by atoms with Gasteiger partial charge in [0.05, 0.1) is 16.7 Å². The van der Waals surface area contributed by atoms with Gasteiger partial charge in [-0.05, 0) is 31.2 Å². The van der Waals surface area contributed by atoms with Crippen molar-refractivity contribution in [2.75, 3.05) is 13.7 Å². The number of nitrogens with two attached hydrogens (primary N) is 1. The van der Waals surface area contributed by atoms with E-state index in [-0.39, 0.29) is 11.4 Å². The van der Waals surface area contributed by atoms with Crippen molar-refractivity contribution in [3.05, 3.63) is 35.9 Å². The Labute approximate surface area is 162 Å². The number of carbonyl (C=O) groups excluding carboxylic acids is 1.